The first-order valence-electron chi connectivity index (χ1n) is 9.86. The Morgan fingerprint density at radius 2 is 1.79 bits per heavy atom. The van der Waals surface area contributed by atoms with Gasteiger partial charge in [0.25, 0.3) is 0 Å². The van der Waals surface area contributed by atoms with Crippen LogP contribution in [0.5, 0.6) is 5.75 Å². The maximum atomic E-state index is 13.0. The van der Waals surface area contributed by atoms with Gasteiger partial charge in [0, 0.05) is 6.04 Å². The number of carbonyl (C=O) groups is 1. The molecule has 0 aromatic heterocycles. The fourth-order valence-electron chi connectivity index (χ4n) is 2.85. The van der Waals surface area contributed by atoms with E-state index in [1.807, 2.05) is 51.1 Å². The molecule has 2 aromatic carbocycles. The van der Waals surface area contributed by atoms with E-state index in [9.17, 15) is 13.2 Å². The van der Waals surface area contributed by atoms with Gasteiger partial charge >= 0.3 is 0 Å². The van der Waals surface area contributed by atoms with Crippen LogP contribution in [-0.4, -0.2) is 33.0 Å². The summed E-state index contributed by atoms with van der Waals surface area (Å²) in [4.78, 5) is 12.9. The highest BCUT2D eigenvalue weighted by Gasteiger charge is 2.27. The third-order valence-electron chi connectivity index (χ3n) is 4.65. The number of nitrogens with one attached hydrogen (secondary N) is 2. The van der Waals surface area contributed by atoms with Crippen LogP contribution in [0, 0.1) is 6.92 Å². The summed E-state index contributed by atoms with van der Waals surface area (Å²) in [5, 5.41) is 2.88. The Balaban J connectivity index is 2.28. The van der Waals surface area contributed by atoms with Crippen molar-refractivity contribution in [2.24, 2.45) is 0 Å². The van der Waals surface area contributed by atoms with Gasteiger partial charge in [0.1, 0.15) is 11.8 Å². The predicted molar refractivity (Wildman–Crippen MR) is 114 cm³/mol. The molecule has 158 valence electrons. The zero-order chi connectivity index (χ0) is 21.4. The Kier molecular flexibility index (Phi) is 8.22. The first-order chi connectivity index (χ1) is 13.8. The van der Waals surface area contributed by atoms with Gasteiger partial charge in [0.15, 0.2) is 0 Å². The summed E-state index contributed by atoms with van der Waals surface area (Å²) in [5.41, 5.74) is 1.60. The minimum Gasteiger partial charge on any atom is -0.494 e. The average molecular weight is 419 g/mol. The SMILES string of the molecule is CCOc1ccc(S(=O)(=O)N[C@H](Cc2ccccc2)C(=O)N[C@H](C)CC)cc1C. The fraction of sp³-hybridized carbons (Fsp3) is 0.409. The smallest absolute Gasteiger partial charge is 0.241 e. The van der Waals surface area contributed by atoms with Crippen LogP contribution in [0.25, 0.3) is 0 Å². The number of sulfonamides is 1. The molecule has 2 N–H and O–H groups in total. The fourth-order valence-corrected chi connectivity index (χ4v) is 4.13. The second-order valence-corrected chi connectivity index (χ2v) is 8.76. The van der Waals surface area contributed by atoms with Crippen LogP contribution in [0.4, 0.5) is 0 Å². The van der Waals surface area contributed by atoms with Crippen molar-refractivity contribution < 1.29 is 17.9 Å². The lowest BCUT2D eigenvalue weighted by Gasteiger charge is -2.21. The molecule has 2 atom stereocenters. The van der Waals surface area contributed by atoms with Crippen molar-refractivity contribution in [2.45, 2.75) is 57.5 Å². The summed E-state index contributed by atoms with van der Waals surface area (Å²) < 4.78 is 34.0. The molecule has 0 heterocycles. The van der Waals surface area contributed by atoms with E-state index < -0.39 is 16.1 Å². The quantitative estimate of drug-likeness (QED) is 0.621. The Morgan fingerprint density at radius 1 is 1.10 bits per heavy atom. The molecule has 0 aliphatic rings. The highest BCUT2D eigenvalue weighted by atomic mass is 32.2. The lowest BCUT2D eigenvalue weighted by molar-refractivity contribution is -0.123. The van der Waals surface area contributed by atoms with Crippen molar-refractivity contribution >= 4 is 15.9 Å². The highest BCUT2D eigenvalue weighted by Crippen LogP contribution is 2.22. The molecule has 0 aliphatic carbocycles. The normalized spacial score (nSPS) is 13.5. The topological polar surface area (TPSA) is 84.5 Å². The maximum absolute atomic E-state index is 13.0. The Hall–Kier alpha value is -2.38. The number of rotatable bonds is 10. The molecule has 0 saturated carbocycles. The molecule has 0 fully saturated rings. The van der Waals surface area contributed by atoms with Crippen LogP contribution in [0.15, 0.2) is 53.4 Å². The van der Waals surface area contributed by atoms with Gasteiger partial charge in [-0.3, -0.25) is 4.79 Å². The molecule has 2 aromatic rings. The molecule has 1 amide bonds. The molecule has 0 bridgehead atoms. The molecule has 29 heavy (non-hydrogen) atoms. The number of hydrogen-bond donors (Lipinski definition) is 2. The van der Waals surface area contributed by atoms with Crippen LogP contribution < -0.4 is 14.8 Å². The molecule has 6 nitrogen and oxygen atoms in total. The zero-order valence-corrected chi connectivity index (χ0v) is 18.3. The van der Waals surface area contributed by atoms with Crippen molar-refractivity contribution in [3.8, 4) is 5.75 Å². The van der Waals surface area contributed by atoms with Gasteiger partial charge in [0.05, 0.1) is 11.5 Å². The van der Waals surface area contributed by atoms with Crippen LogP contribution in [0.2, 0.25) is 0 Å². The van der Waals surface area contributed by atoms with E-state index in [4.69, 9.17) is 4.74 Å². The van der Waals surface area contributed by atoms with Crippen LogP contribution in [0.1, 0.15) is 38.3 Å². The molecule has 0 spiro atoms. The van der Waals surface area contributed by atoms with E-state index in [0.717, 1.165) is 17.5 Å². The van der Waals surface area contributed by atoms with Crippen molar-refractivity contribution in [3.63, 3.8) is 0 Å². The largest absolute Gasteiger partial charge is 0.494 e. The standard InChI is InChI=1S/C22H30N2O4S/c1-5-17(4)23-22(25)20(15-18-10-8-7-9-11-18)24-29(26,27)19-12-13-21(28-6-2)16(3)14-19/h7-14,17,20,24H,5-6,15H2,1-4H3,(H,23,25)/t17-,20-/m1/s1. The molecule has 7 heteroatoms. The molecular formula is C22H30N2O4S. The molecule has 0 radical (unpaired) electrons. The first-order valence-corrected chi connectivity index (χ1v) is 11.3. The maximum Gasteiger partial charge on any atom is 0.241 e. The number of carbonyl (C=O) groups excluding carboxylic acids is 1. The summed E-state index contributed by atoms with van der Waals surface area (Å²) in [6.45, 7) is 8.02. The van der Waals surface area contributed by atoms with E-state index >= 15 is 0 Å². The van der Waals surface area contributed by atoms with Gasteiger partial charge in [-0.25, -0.2) is 8.42 Å². The van der Waals surface area contributed by atoms with Crippen molar-refractivity contribution in [1.82, 2.24) is 10.0 Å². The number of hydrogen-bond acceptors (Lipinski definition) is 4. The van der Waals surface area contributed by atoms with Crippen LogP contribution in [-0.2, 0) is 21.2 Å². The zero-order valence-electron chi connectivity index (χ0n) is 17.4. The summed E-state index contributed by atoms with van der Waals surface area (Å²) in [6, 6.07) is 13.1. The molecule has 0 unspecified atom stereocenters. The second kappa shape index (κ2) is 10.4. The van der Waals surface area contributed by atoms with Gasteiger partial charge in [-0.2, -0.15) is 4.72 Å². The van der Waals surface area contributed by atoms with Crippen LogP contribution >= 0.6 is 0 Å². The number of ether oxygens (including phenoxy) is 1. The van der Waals surface area contributed by atoms with Gasteiger partial charge in [0.2, 0.25) is 15.9 Å². The van der Waals surface area contributed by atoms with Gasteiger partial charge < -0.3 is 10.1 Å². The molecule has 0 aliphatic heterocycles. The van der Waals surface area contributed by atoms with E-state index in [-0.39, 0.29) is 23.3 Å². The molecule has 0 saturated heterocycles. The summed E-state index contributed by atoms with van der Waals surface area (Å²) in [7, 11) is -3.89. The van der Waals surface area contributed by atoms with Crippen molar-refractivity contribution in [3.05, 3.63) is 59.7 Å². The van der Waals surface area contributed by atoms with E-state index in [2.05, 4.69) is 10.0 Å². The summed E-state index contributed by atoms with van der Waals surface area (Å²) in [5.74, 6) is 0.302. The minimum absolute atomic E-state index is 0.0435. The van der Waals surface area contributed by atoms with Gasteiger partial charge in [-0.1, -0.05) is 37.3 Å². The minimum atomic E-state index is -3.89. The Bertz CT molecular complexity index is 914. The lowest BCUT2D eigenvalue weighted by atomic mass is 10.1. The van der Waals surface area contributed by atoms with E-state index in [1.54, 1.807) is 19.1 Å². The second-order valence-electron chi connectivity index (χ2n) is 7.04. The van der Waals surface area contributed by atoms with Crippen molar-refractivity contribution in [1.29, 1.82) is 0 Å². The third kappa shape index (κ3) is 6.58. The first kappa shape index (κ1) is 22.9. The van der Waals surface area contributed by atoms with E-state index in [1.165, 1.54) is 6.07 Å². The Labute approximate surface area is 173 Å². The van der Waals surface area contributed by atoms with Gasteiger partial charge in [-0.15, -0.1) is 0 Å². The van der Waals surface area contributed by atoms with Crippen molar-refractivity contribution in [2.75, 3.05) is 6.61 Å². The average Bonchev–Trinajstić information content (AvgIpc) is 2.69. The molecular weight excluding hydrogens is 388 g/mol. The van der Waals surface area contributed by atoms with Gasteiger partial charge in [-0.05, 0) is 62.9 Å². The number of benzene rings is 2. The third-order valence-corrected chi connectivity index (χ3v) is 6.12. The van der Waals surface area contributed by atoms with E-state index in [0.29, 0.717) is 12.4 Å². The summed E-state index contributed by atoms with van der Waals surface area (Å²) >= 11 is 0. The monoisotopic (exact) mass is 418 g/mol. The lowest BCUT2D eigenvalue weighted by Crippen LogP contribution is -2.50. The van der Waals surface area contributed by atoms with Crippen LogP contribution in [0.3, 0.4) is 0 Å². The highest BCUT2D eigenvalue weighted by molar-refractivity contribution is 7.89. The summed E-state index contributed by atoms with van der Waals surface area (Å²) in [6.07, 6.45) is 1.02. The predicted octanol–water partition coefficient (Wildman–Crippen LogP) is 3.20. The Morgan fingerprint density at radius 3 is 2.38 bits per heavy atom. The number of aryl methyl sites for hydroxylation is 1. The number of amides is 1. The molecule has 2 rings (SSSR count).